The molecule has 2 atom stereocenters. The molecule has 1 saturated heterocycles. The largest absolute Gasteiger partial charge is 0.491 e. The van der Waals surface area contributed by atoms with Crippen molar-refractivity contribution in [3.05, 3.63) is 89.7 Å². The van der Waals surface area contributed by atoms with Crippen molar-refractivity contribution in [2.24, 2.45) is 0 Å². The van der Waals surface area contributed by atoms with Gasteiger partial charge in [0.1, 0.15) is 24.3 Å². The number of aliphatic hydroxyl groups excluding tert-OH is 1. The van der Waals surface area contributed by atoms with E-state index in [2.05, 4.69) is 4.57 Å². The number of carbonyl (C=O) groups excluding carboxylic acids is 1. The minimum absolute atomic E-state index is 0.0515. The number of imidazole rings is 1. The van der Waals surface area contributed by atoms with Crippen molar-refractivity contribution in [1.29, 1.82) is 0 Å². The fourth-order valence-electron chi connectivity index (χ4n) is 4.74. The summed E-state index contributed by atoms with van der Waals surface area (Å²) in [5, 5.41) is 10.8. The van der Waals surface area contributed by atoms with Crippen LogP contribution in [-0.4, -0.2) is 39.8 Å². The first-order valence-electron chi connectivity index (χ1n) is 11.7. The molecule has 6 nitrogen and oxygen atoms in total. The van der Waals surface area contributed by atoms with Crippen molar-refractivity contribution in [1.82, 2.24) is 9.55 Å². The maximum absolute atomic E-state index is 13.0. The molecule has 34 heavy (non-hydrogen) atoms. The van der Waals surface area contributed by atoms with Gasteiger partial charge in [0.25, 0.3) is 0 Å². The molecule has 1 fully saturated rings. The van der Waals surface area contributed by atoms with E-state index in [1.165, 1.54) is 0 Å². The van der Waals surface area contributed by atoms with Gasteiger partial charge in [-0.15, -0.1) is 0 Å². The molecule has 0 unspecified atom stereocenters. The van der Waals surface area contributed by atoms with Crippen LogP contribution in [0, 0.1) is 13.8 Å². The first-order chi connectivity index (χ1) is 16.5. The highest BCUT2D eigenvalue weighted by Crippen LogP contribution is 2.34. The number of fused-ring (bicyclic) bond motifs is 1. The van der Waals surface area contributed by atoms with Crippen molar-refractivity contribution in [3.8, 4) is 5.75 Å². The average Bonchev–Trinajstić information content (AvgIpc) is 3.39. The second kappa shape index (κ2) is 9.31. The number of amides is 1. The Kier molecular flexibility index (Phi) is 6.07. The number of rotatable bonds is 7. The maximum Gasteiger partial charge on any atom is 0.227 e. The van der Waals surface area contributed by atoms with Crippen LogP contribution >= 0.6 is 0 Å². The molecule has 174 valence electrons. The van der Waals surface area contributed by atoms with E-state index in [0.717, 1.165) is 39.4 Å². The zero-order valence-electron chi connectivity index (χ0n) is 19.5. The van der Waals surface area contributed by atoms with Crippen LogP contribution in [-0.2, 0) is 11.3 Å². The van der Waals surface area contributed by atoms with Gasteiger partial charge in [0, 0.05) is 24.6 Å². The minimum Gasteiger partial charge on any atom is -0.491 e. The van der Waals surface area contributed by atoms with E-state index in [-0.39, 0.29) is 18.4 Å². The normalized spacial score (nSPS) is 16.9. The van der Waals surface area contributed by atoms with Gasteiger partial charge in [-0.1, -0.05) is 42.5 Å². The molecule has 0 bridgehead atoms. The Labute approximate surface area is 199 Å². The first-order valence-corrected chi connectivity index (χ1v) is 11.7. The molecular formula is C28H29N3O3. The number of nitrogens with zero attached hydrogens (tertiary/aromatic N) is 3. The Bertz CT molecular complexity index is 1330. The minimum atomic E-state index is -0.721. The second-order valence-corrected chi connectivity index (χ2v) is 9.04. The number of aryl methyl sites for hydroxylation is 2. The van der Waals surface area contributed by atoms with Gasteiger partial charge in [-0.2, -0.15) is 0 Å². The standard InChI is InChI=1S/C28H29N3O3/c1-19-8-7-10-23(14-19)34-18-22(32)17-31-26-13-6-4-11-24(26)29-28(31)21-15-27(33)30(16-21)25-12-5-3-9-20(25)2/h3-14,21-22,32H,15-18H2,1-2H3/t21-,22+/m0/s1. The number of hydrogen-bond acceptors (Lipinski definition) is 4. The van der Waals surface area contributed by atoms with E-state index in [9.17, 15) is 9.90 Å². The Balaban J connectivity index is 1.39. The summed E-state index contributed by atoms with van der Waals surface area (Å²) in [7, 11) is 0. The van der Waals surface area contributed by atoms with Gasteiger partial charge in [0.05, 0.1) is 17.6 Å². The molecule has 0 saturated carbocycles. The van der Waals surface area contributed by atoms with Crippen LogP contribution in [0.15, 0.2) is 72.8 Å². The Morgan fingerprint density at radius 2 is 1.85 bits per heavy atom. The van der Waals surface area contributed by atoms with Crippen LogP contribution in [0.1, 0.15) is 29.3 Å². The third-order valence-electron chi connectivity index (χ3n) is 6.41. The molecule has 3 aromatic carbocycles. The molecule has 6 heteroatoms. The van der Waals surface area contributed by atoms with Crippen LogP contribution in [0.3, 0.4) is 0 Å². The summed E-state index contributed by atoms with van der Waals surface area (Å²) in [5.74, 6) is 1.62. The lowest BCUT2D eigenvalue weighted by Crippen LogP contribution is -2.27. The highest BCUT2D eigenvalue weighted by molar-refractivity contribution is 5.97. The highest BCUT2D eigenvalue weighted by atomic mass is 16.5. The van der Waals surface area contributed by atoms with Crippen LogP contribution in [0.2, 0.25) is 0 Å². The number of anilines is 1. The second-order valence-electron chi connectivity index (χ2n) is 9.04. The van der Waals surface area contributed by atoms with Gasteiger partial charge in [-0.3, -0.25) is 4.79 Å². The van der Waals surface area contributed by atoms with Gasteiger partial charge >= 0.3 is 0 Å². The molecule has 0 aliphatic carbocycles. The summed E-state index contributed by atoms with van der Waals surface area (Å²) < 4.78 is 7.89. The molecular weight excluding hydrogens is 426 g/mol. The predicted octanol–water partition coefficient (Wildman–Crippen LogP) is 4.61. The smallest absolute Gasteiger partial charge is 0.227 e. The number of hydrogen-bond donors (Lipinski definition) is 1. The molecule has 2 heterocycles. The molecule has 4 aromatic rings. The van der Waals surface area contributed by atoms with Crippen LogP contribution < -0.4 is 9.64 Å². The van der Waals surface area contributed by atoms with Crippen molar-refractivity contribution in [3.63, 3.8) is 0 Å². The van der Waals surface area contributed by atoms with Gasteiger partial charge < -0.3 is 19.3 Å². The summed E-state index contributed by atoms with van der Waals surface area (Å²) in [6.07, 6.45) is -0.325. The fraction of sp³-hybridized carbons (Fsp3) is 0.286. The molecule has 1 aliphatic heterocycles. The summed E-state index contributed by atoms with van der Waals surface area (Å²) in [5.41, 5.74) is 4.96. The van der Waals surface area contributed by atoms with Crippen LogP contribution in [0.5, 0.6) is 5.75 Å². The van der Waals surface area contributed by atoms with Crippen molar-refractivity contribution < 1.29 is 14.6 Å². The summed E-state index contributed by atoms with van der Waals surface area (Å²) >= 11 is 0. The van der Waals surface area contributed by atoms with Crippen LogP contribution in [0.4, 0.5) is 5.69 Å². The summed E-state index contributed by atoms with van der Waals surface area (Å²) in [6.45, 7) is 5.13. The highest BCUT2D eigenvalue weighted by Gasteiger charge is 2.35. The topological polar surface area (TPSA) is 67.6 Å². The Hall–Kier alpha value is -3.64. The Morgan fingerprint density at radius 1 is 1.06 bits per heavy atom. The number of aromatic nitrogens is 2. The SMILES string of the molecule is Cc1cccc(OC[C@H](O)Cn2c([C@H]3CC(=O)N(c4ccccc4C)C3)nc3ccccc32)c1. The van der Waals surface area contributed by atoms with Crippen molar-refractivity contribution in [2.45, 2.75) is 38.8 Å². The first kappa shape index (κ1) is 22.2. The number of benzene rings is 3. The average molecular weight is 456 g/mol. The zero-order valence-corrected chi connectivity index (χ0v) is 19.5. The van der Waals surface area contributed by atoms with Gasteiger partial charge in [0.2, 0.25) is 5.91 Å². The molecule has 1 aromatic heterocycles. The van der Waals surface area contributed by atoms with E-state index in [4.69, 9.17) is 9.72 Å². The third kappa shape index (κ3) is 4.41. The molecule has 0 spiro atoms. The van der Waals surface area contributed by atoms with Crippen LogP contribution in [0.25, 0.3) is 11.0 Å². The summed E-state index contributed by atoms with van der Waals surface area (Å²) in [4.78, 5) is 19.7. The lowest BCUT2D eigenvalue weighted by Gasteiger charge is -2.20. The quantitative estimate of drug-likeness (QED) is 0.442. The van der Waals surface area contributed by atoms with E-state index in [1.54, 1.807) is 0 Å². The molecule has 1 aliphatic rings. The molecule has 1 amide bonds. The predicted molar refractivity (Wildman–Crippen MR) is 133 cm³/mol. The van der Waals surface area contributed by atoms with E-state index in [1.807, 2.05) is 91.5 Å². The number of carbonyl (C=O) groups is 1. The number of aliphatic hydroxyl groups is 1. The van der Waals surface area contributed by atoms with E-state index in [0.29, 0.717) is 19.5 Å². The zero-order chi connectivity index (χ0) is 23.7. The van der Waals surface area contributed by atoms with E-state index < -0.39 is 6.10 Å². The maximum atomic E-state index is 13.0. The molecule has 1 N–H and O–H groups in total. The van der Waals surface area contributed by atoms with E-state index >= 15 is 0 Å². The monoisotopic (exact) mass is 455 g/mol. The Morgan fingerprint density at radius 3 is 2.68 bits per heavy atom. The summed E-state index contributed by atoms with van der Waals surface area (Å²) in [6, 6.07) is 23.7. The number of ether oxygens (including phenoxy) is 1. The van der Waals surface area contributed by atoms with Gasteiger partial charge in [-0.05, 0) is 55.3 Å². The number of para-hydroxylation sites is 3. The van der Waals surface area contributed by atoms with Crippen molar-refractivity contribution in [2.75, 3.05) is 18.1 Å². The molecule has 5 rings (SSSR count). The van der Waals surface area contributed by atoms with Crippen molar-refractivity contribution >= 4 is 22.6 Å². The third-order valence-corrected chi connectivity index (χ3v) is 6.41. The fourth-order valence-corrected chi connectivity index (χ4v) is 4.74. The lowest BCUT2D eigenvalue weighted by molar-refractivity contribution is -0.117. The molecule has 0 radical (unpaired) electrons. The van der Waals surface area contributed by atoms with Gasteiger partial charge in [0.15, 0.2) is 0 Å². The van der Waals surface area contributed by atoms with Gasteiger partial charge in [-0.25, -0.2) is 4.98 Å². The lowest BCUT2D eigenvalue weighted by atomic mass is 10.1.